The van der Waals surface area contributed by atoms with Crippen LogP contribution in [0.5, 0.6) is 5.75 Å². The minimum Gasteiger partial charge on any atom is -0.490 e. The summed E-state index contributed by atoms with van der Waals surface area (Å²) >= 11 is 0. The van der Waals surface area contributed by atoms with Crippen LogP contribution in [0.3, 0.4) is 0 Å². The van der Waals surface area contributed by atoms with Gasteiger partial charge in [-0.1, -0.05) is 0 Å². The van der Waals surface area contributed by atoms with Crippen molar-refractivity contribution in [1.82, 2.24) is 4.57 Å². The molecule has 1 aliphatic carbocycles. The van der Waals surface area contributed by atoms with Gasteiger partial charge < -0.3 is 19.5 Å². The summed E-state index contributed by atoms with van der Waals surface area (Å²) < 4.78 is 8.42. The fourth-order valence-electron chi connectivity index (χ4n) is 3.72. The number of rotatable bonds is 5. The Morgan fingerprint density at radius 3 is 2.20 bits per heavy atom. The Hall–Kier alpha value is -3.35. The number of carboxylic acid groups (broad SMARTS) is 2. The molecule has 158 valence electrons. The normalized spacial score (nSPS) is 15.8. The Labute approximate surface area is 175 Å². The van der Waals surface area contributed by atoms with Gasteiger partial charge in [0.2, 0.25) is 0 Å². The second-order valence-electron chi connectivity index (χ2n) is 7.28. The van der Waals surface area contributed by atoms with Gasteiger partial charge in [0, 0.05) is 24.4 Å². The van der Waals surface area contributed by atoms with Gasteiger partial charge in [-0.05, 0) is 74.6 Å². The van der Waals surface area contributed by atoms with Crippen molar-refractivity contribution < 1.29 is 24.5 Å². The molecular formula is C23H26N2O5. The van der Waals surface area contributed by atoms with Crippen molar-refractivity contribution in [3.05, 3.63) is 54.2 Å². The Morgan fingerprint density at radius 2 is 1.60 bits per heavy atom. The van der Waals surface area contributed by atoms with Crippen LogP contribution in [0.1, 0.15) is 38.3 Å². The highest BCUT2D eigenvalue weighted by Gasteiger charge is 2.17. The third-order valence-corrected chi connectivity index (χ3v) is 5.15. The Kier molecular flexibility index (Phi) is 7.06. The molecule has 2 aromatic rings. The van der Waals surface area contributed by atoms with Crippen LogP contribution in [0.25, 0.3) is 11.3 Å². The predicted molar refractivity (Wildman–Crippen MR) is 114 cm³/mol. The van der Waals surface area contributed by atoms with E-state index in [9.17, 15) is 9.59 Å². The molecule has 0 atom stereocenters. The van der Waals surface area contributed by atoms with Gasteiger partial charge in [0.05, 0.1) is 24.1 Å². The van der Waals surface area contributed by atoms with Crippen molar-refractivity contribution >= 4 is 17.7 Å². The van der Waals surface area contributed by atoms with E-state index in [1.54, 1.807) is 0 Å². The zero-order valence-corrected chi connectivity index (χ0v) is 17.0. The molecule has 0 unspecified atom stereocenters. The van der Waals surface area contributed by atoms with Crippen molar-refractivity contribution in [2.24, 2.45) is 4.99 Å². The molecule has 0 amide bonds. The number of aliphatic carboxylic acids is 2. The molecule has 0 radical (unpaired) electrons. The summed E-state index contributed by atoms with van der Waals surface area (Å²) in [6.07, 6.45) is 6.55. The topological polar surface area (TPSA) is 101 Å². The van der Waals surface area contributed by atoms with Crippen molar-refractivity contribution in [2.45, 2.75) is 45.3 Å². The molecule has 1 aromatic heterocycles. The summed E-state index contributed by atoms with van der Waals surface area (Å²) in [5.74, 6) is -1.52. The lowest BCUT2D eigenvalue weighted by atomic mass is 10.1. The van der Waals surface area contributed by atoms with E-state index < -0.39 is 11.9 Å². The molecule has 2 N–H and O–H groups in total. The van der Waals surface area contributed by atoms with Gasteiger partial charge in [0.1, 0.15) is 5.75 Å². The number of ether oxygens (including phenoxy) is 1. The van der Waals surface area contributed by atoms with Gasteiger partial charge in [0.15, 0.2) is 0 Å². The van der Waals surface area contributed by atoms with Crippen LogP contribution in [0, 0.1) is 0 Å². The van der Waals surface area contributed by atoms with Crippen molar-refractivity contribution in [1.29, 1.82) is 0 Å². The molecule has 0 bridgehead atoms. The Bertz CT molecular complexity index is 934. The highest BCUT2D eigenvalue weighted by atomic mass is 16.5. The first kappa shape index (κ1) is 21.4. The standard InChI is InChI=1S/C19H22N2O.C4H4O4/c1-14-18-10-11-19(21(18)13-12-20-14)15-6-8-17(9-7-15)22-16-4-2-3-5-16;5-3(6)1-2-4(7)8/h6-11,16H,2-5,12-13H2,1H3;1-2H,(H,5,6)(H,7,8). The highest BCUT2D eigenvalue weighted by Crippen LogP contribution is 2.28. The minimum atomic E-state index is -1.26. The average Bonchev–Trinajstić information content (AvgIpc) is 3.38. The third-order valence-electron chi connectivity index (χ3n) is 5.15. The molecule has 2 heterocycles. The van der Waals surface area contributed by atoms with Gasteiger partial charge in [-0.15, -0.1) is 0 Å². The first-order valence-electron chi connectivity index (χ1n) is 10.1. The van der Waals surface area contributed by atoms with Gasteiger partial charge in [0.25, 0.3) is 0 Å². The summed E-state index contributed by atoms with van der Waals surface area (Å²) in [4.78, 5) is 23.6. The molecule has 30 heavy (non-hydrogen) atoms. The molecule has 7 heteroatoms. The number of fused-ring (bicyclic) bond motifs is 1. The molecule has 1 saturated carbocycles. The number of aliphatic imine (C=N–C) groups is 1. The summed E-state index contributed by atoms with van der Waals surface area (Å²) in [5.41, 5.74) is 4.91. The molecule has 4 rings (SSSR count). The van der Waals surface area contributed by atoms with E-state index in [0.29, 0.717) is 18.3 Å². The van der Waals surface area contributed by atoms with E-state index in [-0.39, 0.29) is 0 Å². The number of carbonyl (C=O) groups is 2. The molecule has 1 aliphatic heterocycles. The second-order valence-corrected chi connectivity index (χ2v) is 7.28. The maximum Gasteiger partial charge on any atom is 0.328 e. The van der Waals surface area contributed by atoms with Gasteiger partial charge in [-0.3, -0.25) is 4.99 Å². The Balaban J connectivity index is 0.000000275. The quantitative estimate of drug-likeness (QED) is 0.725. The number of hydrogen-bond acceptors (Lipinski definition) is 4. The van der Waals surface area contributed by atoms with Crippen LogP contribution in [0.2, 0.25) is 0 Å². The fourth-order valence-corrected chi connectivity index (χ4v) is 3.72. The molecule has 2 aliphatic rings. The molecule has 7 nitrogen and oxygen atoms in total. The van der Waals surface area contributed by atoms with Crippen LogP contribution in [0.15, 0.2) is 53.5 Å². The van der Waals surface area contributed by atoms with E-state index in [1.807, 2.05) is 0 Å². The van der Waals surface area contributed by atoms with Crippen LogP contribution < -0.4 is 4.74 Å². The van der Waals surface area contributed by atoms with E-state index >= 15 is 0 Å². The van der Waals surface area contributed by atoms with Crippen molar-refractivity contribution in [3.8, 4) is 17.0 Å². The molecule has 0 spiro atoms. The summed E-state index contributed by atoms with van der Waals surface area (Å²) in [6.45, 7) is 3.94. The summed E-state index contributed by atoms with van der Waals surface area (Å²) in [5, 5.41) is 15.6. The van der Waals surface area contributed by atoms with Crippen molar-refractivity contribution in [2.75, 3.05) is 6.54 Å². The SMILES string of the molecule is CC1=NCCn2c1ccc2-c1ccc(OC2CCCC2)cc1.O=C(O)C=CC(=O)O. The largest absolute Gasteiger partial charge is 0.490 e. The second kappa shape index (κ2) is 9.91. The van der Waals surface area contributed by atoms with Gasteiger partial charge in [-0.2, -0.15) is 0 Å². The first-order valence-corrected chi connectivity index (χ1v) is 10.1. The maximum absolute atomic E-state index is 9.55. The summed E-state index contributed by atoms with van der Waals surface area (Å²) in [6, 6.07) is 12.9. The molecular weight excluding hydrogens is 384 g/mol. The van der Waals surface area contributed by atoms with Gasteiger partial charge >= 0.3 is 11.9 Å². The molecule has 0 saturated heterocycles. The zero-order valence-electron chi connectivity index (χ0n) is 17.0. The average molecular weight is 410 g/mol. The fraction of sp³-hybridized carbons (Fsp3) is 0.348. The van der Waals surface area contributed by atoms with Crippen LogP contribution >= 0.6 is 0 Å². The lowest BCUT2D eigenvalue weighted by molar-refractivity contribution is -0.134. The summed E-state index contributed by atoms with van der Waals surface area (Å²) in [7, 11) is 0. The predicted octanol–water partition coefficient (Wildman–Crippen LogP) is 4.01. The van der Waals surface area contributed by atoms with E-state index in [0.717, 1.165) is 24.6 Å². The van der Waals surface area contributed by atoms with E-state index in [1.165, 1.54) is 42.6 Å². The molecule has 1 aromatic carbocycles. The van der Waals surface area contributed by atoms with E-state index in [2.05, 4.69) is 52.9 Å². The van der Waals surface area contributed by atoms with Crippen LogP contribution in [0.4, 0.5) is 0 Å². The number of aromatic nitrogens is 1. The smallest absolute Gasteiger partial charge is 0.328 e. The van der Waals surface area contributed by atoms with Crippen LogP contribution in [-0.2, 0) is 16.1 Å². The maximum atomic E-state index is 9.55. The monoisotopic (exact) mass is 410 g/mol. The lowest BCUT2D eigenvalue weighted by Crippen LogP contribution is -2.16. The first-order chi connectivity index (χ1) is 14.4. The van der Waals surface area contributed by atoms with E-state index in [4.69, 9.17) is 14.9 Å². The van der Waals surface area contributed by atoms with Gasteiger partial charge in [-0.25, -0.2) is 9.59 Å². The minimum absolute atomic E-state index is 0.422. The van der Waals surface area contributed by atoms with Crippen molar-refractivity contribution in [3.63, 3.8) is 0 Å². The highest BCUT2D eigenvalue weighted by molar-refractivity contribution is 5.98. The lowest BCUT2D eigenvalue weighted by Gasteiger charge is -2.17. The number of nitrogens with zero attached hydrogens (tertiary/aromatic N) is 2. The number of hydrogen-bond donors (Lipinski definition) is 2. The number of benzene rings is 1. The Morgan fingerprint density at radius 1 is 1.00 bits per heavy atom. The van der Waals surface area contributed by atoms with Crippen LogP contribution in [-0.4, -0.2) is 45.1 Å². The molecule has 1 fully saturated rings. The third kappa shape index (κ3) is 5.59. The number of carboxylic acids is 2. The zero-order chi connectivity index (χ0) is 21.5.